The Morgan fingerprint density at radius 3 is 1.07 bits per heavy atom. The number of fused-ring (bicyclic) bond motifs is 3. The number of hydrogen-bond acceptors (Lipinski definition) is 12. The Bertz CT molecular complexity index is 4790. The molecule has 6 aromatic carbocycles. The van der Waals surface area contributed by atoms with E-state index < -0.39 is 24.0 Å². The van der Waals surface area contributed by atoms with Crippen molar-refractivity contribution in [3.8, 4) is 17.1 Å². The van der Waals surface area contributed by atoms with Crippen LogP contribution in [0.5, 0.6) is 0 Å². The highest BCUT2D eigenvalue weighted by molar-refractivity contribution is 6.36. The van der Waals surface area contributed by atoms with Crippen LogP contribution in [-0.4, -0.2) is 62.1 Å². The maximum Gasteiger partial charge on any atom is 0.272 e. The van der Waals surface area contributed by atoms with Crippen molar-refractivity contribution in [1.29, 1.82) is 0 Å². The van der Waals surface area contributed by atoms with Gasteiger partial charge < -0.3 is 16.0 Å². The summed E-state index contributed by atoms with van der Waals surface area (Å²) in [6.07, 6.45) is 7.31. The molecular formula is C71H58Cl3N11O7. The summed E-state index contributed by atoms with van der Waals surface area (Å²) >= 11 is 19.0. The van der Waals surface area contributed by atoms with Gasteiger partial charge in [-0.25, -0.2) is 15.0 Å². The van der Waals surface area contributed by atoms with E-state index in [9.17, 15) is 33.6 Å². The number of hydrogen-bond donors (Lipinski definition) is 3. The molecule has 0 radical (unpaired) electrons. The topological polar surface area (TPSA) is 235 Å². The fourth-order valence-corrected chi connectivity index (χ4v) is 11.4. The van der Waals surface area contributed by atoms with Gasteiger partial charge >= 0.3 is 0 Å². The van der Waals surface area contributed by atoms with Gasteiger partial charge in [-0.15, -0.1) is 0 Å². The molecule has 0 saturated heterocycles. The number of rotatable bonds is 13. The molecule has 6 heterocycles. The molecule has 12 aromatic rings. The number of benzene rings is 6. The Balaban J connectivity index is 0.000000151. The lowest BCUT2D eigenvalue weighted by Crippen LogP contribution is -2.33. The van der Waals surface area contributed by atoms with Gasteiger partial charge in [0.05, 0.1) is 55.0 Å². The summed E-state index contributed by atoms with van der Waals surface area (Å²) < 4.78 is 4.72. The van der Waals surface area contributed by atoms with Gasteiger partial charge in [0, 0.05) is 72.1 Å². The van der Waals surface area contributed by atoms with Gasteiger partial charge in [-0.1, -0.05) is 132 Å². The SMILES string of the molecule is CC(=O)c1nccnc1C(=O)N[C@@H](C)c1cc2cccc(Cl)c2c(=O)n1-c1ccccc1.Cc1cccnc1C(=O)N[C@@H](C)c1cc2cccc(Cl)c2c(=O)n1-c1ccccc1.Cc1nccnc1C(=O)N[C@@H](C)c1cc2cccc(Cl)c2c(=O)n1-c1ccccc1. The Labute approximate surface area is 542 Å². The molecule has 12 rings (SSSR count). The van der Waals surface area contributed by atoms with Crippen LogP contribution in [0.25, 0.3) is 49.4 Å². The van der Waals surface area contributed by atoms with Crippen molar-refractivity contribution in [2.45, 2.75) is 59.7 Å². The molecule has 0 aliphatic carbocycles. The smallest absolute Gasteiger partial charge is 0.272 e. The van der Waals surface area contributed by atoms with E-state index in [2.05, 4.69) is 40.9 Å². The summed E-state index contributed by atoms with van der Waals surface area (Å²) in [6, 6.07) is 51.3. The maximum atomic E-state index is 13.5. The molecule has 3 atom stereocenters. The highest BCUT2D eigenvalue weighted by atomic mass is 35.5. The first-order valence-electron chi connectivity index (χ1n) is 28.9. The number of amides is 3. The molecule has 6 aromatic heterocycles. The predicted octanol–water partition coefficient (Wildman–Crippen LogP) is 13.2. The van der Waals surface area contributed by atoms with Crippen molar-refractivity contribution < 1.29 is 19.2 Å². The molecule has 92 heavy (non-hydrogen) atoms. The zero-order valence-corrected chi connectivity index (χ0v) is 52.7. The first kappa shape index (κ1) is 64.2. The van der Waals surface area contributed by atoms with E-state index in [0.717, 1.165) is 10.9 Å². The number of halogens is 3. The summed E-state index contributed by atoms with van der Waals surface area (Å²) in [7, 11) is 0. The minimum atomic E-state index is -0.597. The summed E-state index contributed by atoms with van der Waals surface area (Å²) in [5.41, 5.74) is 4.97. The zero-order valence-electron chi connectivity index (χ0n) is 50.4. The normalized spacial score (nSPS) is 11.9. The Morgan fingerprint density at radius 2 is 0.707 bits per heavy atom. The van der Waals surface area contributed by atoms with Crippen LogP contribution in [0, 0.1) is 13.8 Å². The summed E-state index contributed by atoms with van der Waals surface area (Å²) in [4.78, 5) is 111. The van der Waals surface area contributed by atoms with Gasteiger partial charge in [0.1, 0.15) is 17.1 Å². The van der Waals surface area contributed by atoms with Crippen molar-refractivity contribution in [3.63, 3.8) is 0 Å². The molecule has 3 amide bonds. The van der Waals surface area contributed by atoms with Gasteiger partial charge in [0.2, 0.25) is 0 Å². The van der Waals surface area contributed by atoms with Crippen LogP contribution in [0.4, 0.5) is 0 Å². The number of pyridine rings is 4. The Hall–Kier alpha value is -10.8. The average Bonchev–Trinajstić information content (AvgIpc) is 0.783. The standard InChI is InChI=1S/C24H19ClN4O3.C24H20ClN3O2.C23H19ClN4O2/c1-14(28-23(31)22-21(15(2)30)26-11-12-27-22)19-13-16-7-6-10-18(25)20(16)24(32)29(19)17-8-4-3-5-9-17;1-15-8-7-13-26-22(15)23(29)27-16(2)20-14-17-9-6-12-19(25)21(17)24(30)28(20)18-10-4-3-5-11-18;1-14(27-22(29)21-15(2)25-11-12-26-21)19-13-16-7-6-10-18(24)20(16)23(30)28(19)17-8-4-3-5-9-17/h3-14H,1-2H3,(H,28,31);3-14,16H,1-2H3,(H,27,29);3-14H,1-2H3,(H,27,29)/t14-;16-;14-/m000/s1. The summed E-state index contributed by atoms with van der Waals surface area (Å²) in [5.74, 6) is -1.57. The maximum absolute atomic E-state index is 13.5. The molecule has 0 bridgehead atoms. The van der Waals surface area contributed by atoms with E-state index in [4.69, 9.17) is 34.8 Å². The number of aromatic nitrogens is 8. The number of carbonyl (C=O) groups excluding carboxylic acids is 4. The molecular weight excluding hydrogens is 1230 g/mol. The van der Waals surface area contributed by atoms with Gasteiger partial charge in [0.15, 0.2) is 11.5 Å². The first-order chi connectivity index (χ1) is 44.3. The second-order valence-corrected chi connectivity index (χ2v) is 22.5. The predicted molar refractivity (Wildman–Crippen MR) is 359 cm³/mol. The lowest BCUT2D eigenvalue weighted by atomic mass is 10.1. The number of aryl methyl sites for hydroxylation is 2. The van der Waals surface area contributed by atoms with Gasteiger partial charge in [0.25, 0.3) is 34.4 Å². The monoisotopic (exact) mass is 1280 g/mol. The molecule has 0 aliphatic rings. The number of para-hydroxylation sites is 3. The third kappa shape index (κ3) is 13.7. The lowest BCUT2D eigenvalue weighted by molar-refractivity contribution is 0.0916. The van der Waals surface area contributed by atoms with E-state index >= 15 is 0 Å². The molecule has 0 fully saturated rings. The van der Waals surface area contributed by atoms with Crippen LogP contribution >= 0.6 is 34.8 Å². The van der Waals surface area contributed by atoms with Gasteiger partial charge in [-0.05, 0) is 135 Å². The van der Waals surface area contributed by atoms with E-state index in [1.807, 2.05) is 136 Å². The van der Waals surface area contributed by atoms with Crippen molar-refractivity contribution in [2.24, 2.45) is 0 Å². The minimum Gasteiger partial charge on any atom is -0.343 e. The Morgan fingerprint density at radius 1 is 0.380 bits per heavy atom. The third-order valence-corrected chi connectivity index (χ3v) is 16.0. The number of nitrogens with zero attached hydrogens (tertiary/aromatic N) is 8. The van der Waals surface area contributed by atoms with E-state index in [0.29, 0.717) is 87.5 Å². The molecule has 3 N–H and O–H groups in total. The van der Waals surface area contributed by atoms with Crippen LogP contribution < -0.4 is 32.6 Å². The van der Waals surface area contributed by atoms with E-state index in [1.165, 1.54) is 36.3 Å². The van der Waals surface area contributed by atoms with Crippen molar-refractivity contribution in [1.82, 2.24) is 54.6 Å². The lowest BCUT2D eigenvalue weighted by Gasteiger charge is -2.21. The van der Waals surface area contributed by atoms with Crippen molar-refractivity contribution in [2.75, 3.05) is 0 Å². The molecule has 0 saturated carbocycles. The van der Waals surface area contributed by atoms with Crippen LogP contribution in [0.3, 0.4) is 0 Å². The number of nitrogens with one attached hydrogen (secondary N) is 3. The van der Waals surface area contributed by atoms with E-state index in [1.54, 1.807) is 89.8 Å². The molecule has 18 nitrogen and oxygen atoms in total. The third-order valence-electron chi connectivity index (χ3n) is 15.1. The molecule has 0 unspecified atom stereocenters. The zero-order chi connectivity index (χ0) is 65.3. The van der Waals surface area contributed by atoms with Crippen LogP contribution in [-0.2, 0) is 0 Å². The second-order valence-electron chi connectivity index (χ2n) is 21.3. The highest BCUT2D eigenvalue weighted by Gasteiger charge is 2.26. The Kier molecular flexibility index (Phi) is 19.8. The van der Waals surface area contributed by atoms with E-state index in [-0.39, 0.29) is 51.4 Å². The molecule has 0 aliphatic heterocycles. The van der Waals surface area contributed by atoms with Crippen LogP contribution in [0.1, 0.15) is 116 Å². The fourth-order valence-electron chi connectivity index (χ4n) is 10.6. The molecule has 0 spiro atoms. The number of Topliss-reactive ketones (excluding diaryl/α,β-unsaturated/α-hetero) is 1. The molecule has 460 valence electrons. The first-order valence-corrected chi connectivity index (χ1v) is 30.1. The second kappa shape index (κ2) is 28.4. The summed E-state index contributed by atoms with van der Waals surface area (Å²) in [5, 5.41) is 13.3. The van der Waals surface area contributed by atoms with Gasteiger partial charge in [-0.2, -0.15) is 0 Å². The summed E-state index contributed by atoms with van der Waals surface area (Å²) in [6.45, 7) is 10.3. The van der Waals surface area contributed by atoms with Crippen molar-refractivity contribution >= 4 is 90.6 Å². The van der Waals surface area contributed by atoms with Gasteiger partial charge in [-0.3, -0.25) is 57.2 Å². The highest BCUT2D eigenvalue weighted by Crippen LogP contribution is 2.29. The average molecular weight is 1280 g/mol. The molecule has 21 heteroatoms. The van der Waals surface area contributed by atoms with Crippen LogP contribution in [0.15, 0.2) is 221 Å². The fraction of sp³-hybridized carbons (Fsp3) is 0.127. The van der Waals surface area contributed by atoms with Crippen molar-refractivity contribution in [3.05, 3.63) is 304 Å². The largest absolute Gasteiger partial charge is 0.343 e. The number of ketones is 1. The minimum absolute atomic E-state index is 0.0112. The van der Waals surface area contributed by atoms with Crippen LogP contribution in [0.2, 0.25) is 15.1 Å². The quantitative estimate of drug-likeness (QED) is 0.0915. The number of carbonyl (C=O) groups is 4.